The van der Waals surface area contributed by atoms with Gasteiger partial charge in [0.05, 0.1) is 17.5 Å². The monoisotopic (exact) mass is 345 g/mol. The number of nitrogens with two attached hydrogens (primary N) is 1. The van der Waals surface area contributed by atoms with E-state index >= 15 is 0 Å². The Hall–Kier alpha value is -3.36. The van der Waals surface area contributed by atoms with Crippen molar-refractivity contribution in [3.63, 3.8) is 0 Å². The molecule has 0 unspecified atom stereocenters. The number of pyridine rings is 2. The van der Waals surface area contributed by atoms with E-state index in [1.165, 1.54) is 30.9 Å². The molecule has 3 heterocycles. The van der Waals surface area contributed by atoms with Crippen LogP contribution in [0.5, 0.6) is 0 Å². The lowest BCUT2D eigenvalue weighted by Crippen LogP contribution is -2.11. The number of carbonyl (C=O) groups is 1. The van der Waals surface area contributed by atoms with Crippen molar-refractivity contribution in [2.75, 3.05) is 5.73 Å². The van der Waals surface area contributed by atoms with Crippen LogP contribution in [-0.4, -0.2) is 25.7 Å². The Bertz CT molecular complexity index is 929. The zero-order valence-electron chi connectivity index (χ0n) is 12.5. The highest BCUT2D eigenvalue weighted by atomic mass is 19.4. The normalized spacial score (nSPS) is 11.3. The lowest BCUT2D eigenvalue weighted by Gasteiger charge is -2.09. The molecule has 0 bridgehead atoms. The molecule has 9 heteroatoms. The number of halogens is 3. The van der Waals surface area contributed by atoms with Gasteiger partial charge < -0.3 is 5.73 Å². The van der Waals surface area contributed by atoms with Crippen molar-refractivity contribution in [3.05, 3.63) is 66.0 Å². The van der Waals surface area contributed by atoms with Gasteiger partial charge in [-0.1, -0.05) is 0 Å². The summed E-state index contributed by atoms with van der Waals surface area (Å²) in [5.74, 6) is -0.655. The first-order valence-corrected chi connectivity index (χ1v) is 6.96. The minimum Gasteiger partial charge on any atom is -0.382 e. The number of nitrogens with zero attached hydrogens (tertiary/aromatic N) is 4. The Labute approximate surface area is 139 Å². The molecule has 0 aliphatic rings. The van der Waals surface area contributed by atoms with E-state index in [0.29, 0.717) is 6.20 Å². The van der Waals surface area contributed by atoms with Crippen LogP contribution in [0.25, 0.3) is 11.3 Å². The van der Waals surface area contributed by atoms with Gasteiger partial charge in [0, 0.05) is 35.9 Å². The first kappa shape index (κ1) is 16.5. The number of carbonyl (C=O) groups excluding carboxylic acids is 1. The van der Waals surface area contributed by atoms with E-state index in [1.807, 2.05) is 0 Å². The Balaban J connectivity index is 2.05. The third kappa shape index (κ3) is 3.44. The topological polar surface area (TPSA) is 94.6 Å². The zero-order valence-corrected chi connectivity index (χ0v) is 12.5. The van der Waals surface area contributed by atoms with Crippen LogP contribution in [0.3, 0.4) is 0 Å². The van der Waals surface area contributed by atoms with Crippen LogP contribution in [-0.2, 0) is 6.18 Å². The van der Waals surface area contributed by atoms with Crippen molar-refractivity contribution in [2.24, 2.45) is 0 Å². The highest BCUT2D eigenvalue weighted by Gasteiger charge is 2.31. The molecule has 3 aromatic rings. The number of rotatable bonds is 3. The summed E-state index contributed by atoms with van der Waals surface area (Å²) in [6.07, 6.45) is 1.38. The molecule has 2 N–H and O–H groups in total. The van der Waals surface area contributed by atoms with Gasteiger partial charge in [0.2, 0.25) is 5.78 Å². The van der Waals surface area contributed by atoms with Gasteiger partial charge in [0.1, 0.15) is 0 Å². The number of nitrogen functional groups attached to an aromatic ring is 1. The highest BCUT2D eigenvalue weighted by Crippen LogP contribution is 2.31. The molecule has 3 aromatic heterocycles. The lowest BCUT2D eigenvalue weighted by molar-refractivity contribution is -0.137. The van der Waals surface area contributed by atoms with Crippen LogP contribution in [0.2, 0.25) is 0 Å². The fourth-order valence-electron chi connectivity index (χ4n) is 2.07. The van der Waals surface area contributed by atoms with E-state index in [9.17, 15) is 18.0 Å². The Kier molecular flexibility index (Phi) is 4.14. The molecule has 0 spiro atoms. The van der Waals surface area contributed by atoms with Crippen molar-refractivity contribution >= 4 is 11.6 Å². The average molecular weight is 345 g/mol. The Morgan fingerprint density at radius 2 is 1.88 bits per heavy atom. The van der Waals surface area contributed by atoms with E-state index in [4.69, 9.17) is 5.73 Å². The predicted octanol–water partition coefficient (Wildman–Crippen LogP) is 2.77. The van der Waals surface area contributed by atoms with E-state index in [2.05, 4.69) is 19.9 Å². The third-order valence-electron chi connectivity index (χ3n) is 3.30. The van der Waals surface area contributed by atoms with Gasteiger partial charge in [0.15, 0.2) is 11.5 Å². The maximum absolute atomic E-state index is 12.8. The molecule has 126 valence electrons. The number of aromatic nitrogens is 4. The first-order chi connectivity index (χ1) is 11.9. The van der Waals surface area contributed by atoms with Crippen LogP contribution in [0.4, 0.5) is 19.0 Å². The molecule has 0 radical (unpaired) electrons. The Morgan fingerprint density at radius 3 is 2.56 bits per heavy atom. The van der Waals surface area contributed by atoms with Gasteiger partial charge in [-0.25, -0.2) is 9.97 Å². The van der Waals surface area contributed by atoms with Crippen molar-refractivity contribution < 1.29 is 18.0 Å². The van der Waals surface area contributed by atoms with Crippen LogP contribution >= 0.6 is 0 Å². The molecular formula is C16H10F3N5O. The average Bonchev–Trinajstić information content (AvgIpc) is 2.62. The lowest BCUT2D eigenvalue weighted by atomic mass is 10.1. The summed E-state index contributed by atoms with van der Waals surface area (Å²) in [6.45, 7) is 0. The van der Waals surface area contributed by atoms with Gasteiger partial charge in [-0.15, -0.1) is 0 Å². The molecule has 0 atom stereocenters. The SMILES string of the molecule is Nc1ncc(-c2cncc(C(F)(F)F)c2)nc1C(=O)c1cccnc1. The standard InChI is InChI=1S/C16H10F3N5O/c17-16(18,19)11-4-10(6-22-7-11)12-8-23-15(20)13(24-12)14(25)9-2-1-3-21-5-9/h1-8H,(H2,20,23). The number of anilines is 1. The van der Waals surface area contributed by atoms with Gasteiger partial charge in [0.25, 0.3) is 0 Å². The van der Waals surface area contributed by atoms with Crippen molar-refractivity contribution in [1.29, 1.82) is 0 Å². The first-order valence-electron chi connectivity index (χ1n) is 6.96. The Morgan fingerprint density at radius 1 is 1.08 bits per heavy atom. The molecule has 0 saturated carbocycles. The molecule has 0 amide bonds. The minimum absolute atomic E-state index is 0.0556. The summed E-state index contributed by atoms with van der Waals surface area (Å²) >= 11 is 0. The van der Waals surface area contributed by atoms with E-state index in [-0.39, 0.29) is 28.3 Å². The second kappa shape index (κ2) is 6.27. The predicted molar refractivity (Wildman–Crippen MR) is 82.3 cm³/mol. The molecule has 6 nitrogen and oxygen atoms in total. The fourth-order valence-corrected chi connectivity index (χ4v) is 2.07. The van der Waals surface area contributed by atoms with Gasteiger partial charge >= 0.3 is 6.18 Å². The highest BCUT2D eigenvalue weighted by molar-refractivity contribution is 6.10. The molecule has 0 aliphatic heterocycles. The molecule has 25 heavy (non-hydrogen) atoms. The van der Waals surface area contributed by atoms with Crippen molar-refractivity contribution in [3.8, 4) is 11.3 Å². The van der Waals surface area contributed by atoms with E-state index in [0.717, 1.165) is 6.07 Å². The fraction of sp³-hybridized carbons (Fsp3) is 0.0625. The quantitative estimate of drug-likeness (QED) is 0.734. The van der Waals surface area contributed by atoms with Crippen LogP contribution in [0.1, 0.15) is 21.6 Å². The number of hydrogen-bond donors (Lipinski definition) is 1. The van der Waals surface area contributed by atoms with Crippen molar-refractivity contribution in [2.45, 2.75) is 6.18 Å². The maximum atomic E-state index is 12.8. The second-order valence-corrected chi connectivity index (χ2v) is 5.02. The molecule has 0 saturated heterocycles. The summed E-state index contributed by atoms with van der Waals surface area (Å²) < 4.78 is 38.5. The smallest absolute Gasteiger partial charge is 0.382 e. The summed E-state index contributed by atoms with van der Waals surface area (Å²) in [5, 5.41) is 0. The minimum atomic E-state index is -4.54. The molecular weight excluding hydrogens is 335 g/mol. The number of hydrogen-bond acceptors (Lipinski definition) is 6. The second-order valence-electron chi connectivity index (χ2n) is 5.02. The summed E-state index contributed by atoms with van der Waals surface area (Å²) in [4.78, 5) is 27.8. The van der Waals surface area contributed by atoms with E-state index < -0.39 is 17.5 Å². The van der Waals surface area contributed by atoms with Gasteiger partial charge in [-0.3, -0.25) is 14.8 Å². The maximum Gasteiger partial charge on any atom is 0.417 e. The van der Waals surface area contributed by atoms with Crippen molar-refractivity contribution in [1.82, 2.24) is 19.9 Å². The molecule has 0 aliphatic carbocycles. The number of ketones is 1. The van der Waals surface area contributed by atoms with E-state index in [1.54, 1.807) is 6.07 Å². The van der Waals surface area contributed by atoms with Crippen LogP contribution in [0, 0.1) is 0 Å². The van der Waals surface area contributed by atoms with Gasteiger partial charge in [-0.05, 0) is 18.2 Å². The largest absolute Gasteiger partial charge is 0.417 e. The molecule has 0 aromatic carbocycles. The summed E-state index contributed by atoms with van der Waals surface area (Å²) in [5.41, 5.74) is 4.97. The zero-order chi connectivity index (χ0) is 18.0. The summed E-state index contributed by atoms with van der Waals surface area (Å²) in [7, 11) is 0. The van der Waals surface area contributed by atoms with Crippen LogP contribution < -0.4 is 5.73 Å². The van der Waals surface area contributed by atoms with Crippen LogP contribution in [0.15, 0.2) is 49.2 Å². The molecule has 0 fully saturated rings. The summed E-state index contributed by atoms with van der Waals surface area (Å²) in [6, 6.07) is 3.97. The van der Waals surface area contributed by atoms with Gasteiger partial charge in [-0.2, -0.15) is 13.2 Å². The molecule has 3 rings (SSSR count). The number of alkyl halides is 3. The third-order valence-corrected chi connectivity index (χ3v) is 3.30.